The number of rotatable bonds is 5. The zero-order chi connectivity index (χ0) is 15.2. The molecule has 0 saturated heterocycles. The van der Waals surface area contributed by atoms with Crippen molar-refractivity contribution >= 4 is 29.0 Å². The number of nitrogens with one attached hydrogen (secondary N) is 1. The number of anilines is 1. The van der Waals surface area contributed by atoms with Gasteiger partial charge in [-0.1, -0.05) is 0 Å². The molecule has 7 heteroatoms. The van der Waals surface area contributed by atoms with Crippen molar-refractivity contribution in [1.29, 1.82) is 0 Å². The van der Waals surface area contributed by atoms with Crippen molar-refractivity contribution in [3.05, 3.63) is 64.5 Å². The van der Waals surface area contributed by atoms with Crippen LogP contribution in [0.2, 0.25) is 0 Å². The quantitative estimate of drug-likeness (QED) is 0.521. The predicted octanol–water partition coefficient (Wildman–Crippen LogP) is 3.46. The van der Waals surface area contributed by atoms with E-state index in [-0.39, 0.29) is 23.2 Å². The van der Waals surface area contributed by atoms with E-state index in [9.17, 15) is 19.3 Å². The van der Waals surface area contributed by atoms with Crippen LogP contribution in [-0.4, -0.2) is 16.6 Å². The number of nitrogens with zero attached hydrogens (tertiary/aromatic N) is 1. The molecule has 0 aliphatic carbocycles. The summed E-state index contributed by atoms with van der Waals surface area (Å²) >= 11 is 1.28. The Morgan fingerprint density at radius 1 is 1.14 bits per heavy atom. The van der Waals surface area contributed by atoms with Gasteiger partial charge in [-0.25, -0.2) is 4.39 Å². The molecule has 0 aliphatic heterocycles. The lowest BCUT2D eigenvalue weighted by molar-refractivity contribution is -0.384. The molecule has 2 aromatic rings. The number of thioether (sulfide) groups is 1. The second kappa shape index (κ2) is 6.85. The molecule has 0 radical (unpaired) electrons. The molecule has 0 aliphatic rings. The molecule has 108 valence electrons. The van der Waals surface area contributed by atoms with Crippen molar-refractivity contribution < 1.29 is 14.1 Å². The summed E-state index contributed by atoms with van der Waals surface area (Å²) in [5.74, 6) is -0.393. The highest BCUT2D eigenvalue weighted by molar-refractivity contribution is 8.00. The minimum atomic E-state index is -0.504. The van der Waals surface area contributed by atoms with Gasteiger partial charge in [0.1, 0.15) is 5.82 Å². The van der Waals surface area contributed by atoms with Gasteiger partial charge in [-0.05, 0) is 36.4 Å². The lowest BCUT2D eigenvalue weighted by Gasteiger charge is -2.05. The zero-order valence-corrected chi connectivity index (χ0v) is 11.6. The van der Waals surface area contributed by atoms with Crippen LogP contribution in [0.5, 0.6) is 0 Å². The Morgan fingerprint density at radius 2 is 1.76 bits per heavy atom. The second-order valence-electron chi connectivity index (χ2n) is 4.09. The Bertz CT molecular complexity index is 644. The van der Waals surface area contributed by atoms with E-state index >= 15 is 0 Å². The first-order valence-corrected chi connectivity index (χ1v) is 6.96. The van der Waals surface area contributed by atoms with Gasteiger partial charge in [0.05, 0.1) is 10.7 Å². The van der Waals surface area contributed by atoms with Gasteiger partial charge < -0.3 is 5.32 Å². The Kier molecular flexibility index (Phi) is 4.89. The lowest BCUT2D eigenvalue weighted by atomic mass is 10.3. The maximum absolute atomic E-state index is 12.7. The molecule has 0 heterocycles. The number of nitro benzene ring substituents is 1. The molecule has 21 heavy (non-hydrogen) atoms. The number of non-ortho nitro benzene ring substituents is 1. The van der Waals surface area contributed by atoms with E-state index in [1.807, 2.05) is 0 Å². The Morgan fingerprint density at radius 3 is 2.33 bits per heavy atom. The van der Waals surface area contributed by atoms with Gasteiger partial charge in [-0.2, -0.15) is 0 Å². The molecule has 1 amide bonds. The van der Waals surface area contributed by atoms with Crippen molar-refractivity contribution in [2.75, 3.05) is 11.1 Å². The van der Waals surface area contributed by atoms with Gasteiger partial charge >= 0.3 is 0 Å². The van der Waals surface area contributed by atoms with Crippen molar-refractivity contribution in [3.63, 3.8) is 0 Å². The van der Waals surface area contributed by atoms with Crippen LogP contribution in [0.3, 0.4) is 0 Å². The number of nitro groups is 1. The van der Waals surface area contributed by atoms with Gasteiger partial charge in [0.25, 0.3) is 5.69 Å². The molecule has 0 unspecified atom stereocenters. The van der Waals surface area contributed by atoms with Crippen LogP contribution in [0, 0.1) is 15.9 Å². The fraction of sp³-hybridized carbons (Fsp3) is 0.0714. The average Bonchev–Trinajstić information content (AvgIpc) is 2.47. The average molecular weight is 306 g/mol. The maximum atomic E-state index is 12.7. The van der Waals surface area contributed by atoms with E-state index in [0.717, 1.165) is 4.90 Å². The highest BCUT2D eigenvalue weighted by atomic mass is 32.2. The summed E-state index contributed by atoms with van der Waals surface area (Å²) in [6.07, 6.45) is 0. The Labute approximate surface area is 124 Å². The number of hydrogen-bond acceptors (Lipinski definition) is 4. The molecule has 0 fully saturated rings. The molecule has 5 nitrogen and oxygen atoms in total. The third kappa shape index (κ3) is 4.57. The van der Waals surface area contributed by atoms with Crippen LogP contribution in [0.25, 0.3) is 0 Å². The van der Waals surface area contributed by atoms with E-state index in [1.54, 1.807) is 12.1 Å². The normalized spacial score (nSPS) is 10.1. The highest BCUT2D eigenvalue weighted by Gasteiger charge is 2.07. The predicted molar refractivity (Wildman–Crippen MR) is 78.9 cm³/mol. The zero-order valence-electron chi connectivity index (χ0n) is 10.8. The van der Waals surface area contributed by atoms with E-state index in [0.29, 0.717) is 5.69 Å². The first-order chi connectivity index (χ1) is 10.0. The fourth-order valence-corrected chi connectivity index (χ4v) is 2.24. The van der Waals surface area contributed by atoms with Crippen molar-refractivity contribution in [2.24, 2.45) is 0 Å². The molecule has 0 saturated carbocycles. The monoisotopic (exact) mass is 306 g/mol. The summed E-state index contributed by atoms with van der Waals surface area (Å²) in [5, 5.41) is 13.1. The standard InChI is InChI=1S/C14H11FN2O3S/c15-10-1-7-13(8-2-10)21-9-14(18)16-11-3-5-12(6-4-11)17(19)20/h1-8H,9H2,(H,16,18). The van der Waals surface area contributed by atoms with Crippen LogP contribution >= 0.6 is 11.8 Å². The SMILES string of the molecule is O=C(CSc1ccc(F)cc1)Nc1ccc([N+](=O)[O-])cc1. The minimum absolute atomic E-state index is 0.0336. The maximum Gasteiger partial charge on any atom is 0.269 e. The van der Waals surface area contributed by atoms with Gasteiger partial charge in [0.2, 0.25) is 5.91 Å². The third-order valence-electron chi connectivity index (χ3n) is 2.55. The van der Waals surface area contributed by atoms with E-state index in [1.165, 1.54) is 48.2 Å². The summed E-state index contributed by atoms with van der Waals surface area (Å²) in [6, 6.07) is 11.4. The summed E-state index contributed by atoms with van der Waals surface area (Å²) in [7, 11) is 0. The molecule has 0 spiro atoms. The van der Waals surface area contributed by atoms with Gasteiger partial charge in [-0.3, -0.25) is 14.9 Å². The number of hydrogen-bond donors (Lipinski definition) is 1. The number of carbonyl (C=O) groups is 1. The second-order valence-corrected chi connectivity index (χ2v) is 5.14. The molecule has 1 N–H and O–H groups in total. The summed E-state index contributed by atoms with van der Waals surface area (Å²) in [5.41, 5.74) is 0.457. The Hall–Kier alpha value is -2.41. The Balaban J connectivity index is 1.86. The molecular formula is C14H11FN2O3S. The molecular weight excluding hydrogens is 295 g/mol. The van der Waals surface area contributed by atoms with Crippen LogP contribution in [0.4, 0.5) is 15.8 Å². The largest absolute Gasteiger partial charge is 0.325 e. The van der Waals surface area contributed by atoms with Crippen molar-refractivity contribution in [3.8, 4) is 0 Å². The molecule has 0 atom stereocenters. The summed E-state index contributed by atoms with van der Waals surface area (Å²) < 4.78 is 12.7. The number of carbonyl (C=O) groups excluding carboxylic acids is 1. The van der Waals surface area contributed by atoms with Crippen LogP contribution in [0.1, 0.15) is 0 Å². The van der Waals surface area contributed by atoms with Crippen LogP contribution < -0.4 is 5.32 Å². The fourth-order valence-electron chi connectivity index (χ4n) is 1.54. The first kappa shape index (κ1) is 15.0. The summed E-state index contributed by atoms with van der Waals surface area (Å²) in [6.45, 7) is 0. The van der Waals surface area contributed by atoms with Crippen molar-refractivity contribution in [2.45, 2.75) is 4.90 Å². The van der Waals surface area contributed by atoms with Crippen LogP contribution in [0.15, 0.2) is 53.4 Å². The smallest absolute Gasteiger partial charge is 0.269 e. The number of amides is 1. The van der Waals surface area contributed by atoms with E-state index in [4.69, 9.17) is 0 Å². The topological polar surface area (TPSA) is 72.2 Å². The summed E-state index contributed by atoms with van der Waals surface area (Å²) in [4.78, 5) is 22.5. The van der Waals surface area contributed by atoms with Crippen LogP contribution in [-0.2, 0) is 4.79 Å². The van der Waals surface area contributed by atoms with Crippen molar-refractivity contribution in [1.82, 2.24) is 0 Å². The third-order valence-corrected chi connectivity index (χ3v) is 3.56. The highest BCUT2D eigenvalue weighted by Crippen LogP contribution is 2.19. The van der Waals surface area contributed by atoms with Gasteiger partial charge in [0.15, 0.2) is 0 Å². The van der Waals surface area contributed by atoms with E-state index in [2.05, 4.69) is 5.32 Å². The van der Waals surface area contributed by atoms with E-state index < -0.39 is 4.92 Å². The van der Waals surface area contributed by atoms with Gasteiger partial charge in [-0.15, -0.1) is 11.8 Å². The minimum Gasteiger partial charge on any atom is -0.325 e. The first-order valence-electron chi connectivity index (χ1n) is 5.97. The molecule has 0 bridgehead atoms. The van der Waals surface area contributed by atoms with Gasteiger partial charge in [0, 0.05) is 22.7 Å². The molecule has 0 aromatic heterocycles. The lowest BCUT2D eigenvalue weighted by Crippen LogP contribution is -2.13. The molecule has 2 aromatic carbocycles. The number of benzene rings is 2. The molecule has 2 rings (SSSR count). The number of halogens is 1.